The molecule has 0 aliphatic carbocycles. The molecule has 0 atom stereocenters. The summed E-state index contributed by atoms with van der Waals surface area (Å²) in [4.78, 5) is 0. The molecule has 0 saturated heterocycles. The molecule has 0 aromatic heterocycles. The molecule has 0 bridgehead atoms. The normalized spacial score (nSPS) is 10.4. The van der Waals surface area contributed by atoms with Gasteiger partial charge >= 0.3 is 0 Å². The van der Waals surface area contributed by atoms with Crippen molar-refractivity contribution in [1.82, 2.24) is 0 Å². The van der Waals surface area contributed by atoms with E-state index in [1.807, 2.05) is 0 Å². The van der Waals surface area contributed by atoms with Crippen molar-refractivity contribution in [2.75, 3.05) is 7.11 Å². The van der Waals surface area contributed by atoms with E-state index in [0.29, 0.717) is 11.3 Å². The van der Waals surface area contributed by atoms with Gasteiger partial charge in [0.2, 0.25) is 0 Å². The van der Waals surface area contributed by atoms with E-state index in [4.69, 9.17) is 10.5 Å². The van der Waals surface area contributed by atoms with Crippen LogP contribution in [0.4, 0.5) is 8.78 Å². The fourth-order valence-electron chi connectivity index (χ4n) is 1.75. The zero-order valence-electron chi connectivity index (χ0n) is 9.91. The maximum atomic E-state index is 13.8. The first-order chi connectivity index (χ1) is 8.65. The Hall–Kier alpha value is -1.94. The van der Waals surface area contributed by atoms with E-state index < -0.39 is 11.6 Å². The Morgan fingerprint density at radius 3 is 2.11 bits per heavy atom. The molecule has 0 amide bonds. The Morgan fingerprint density at radius 1 is 1.00 bits per heavy atom. The van der Waals surface area contributed by atoms with Crippen LogP contribution in [0, 0.1) is 11.6 Å². The summed E-state index contributed by atoms with van der Waals surface area (Å²) in [7, 11) is 1.45. The number of benzene rings is 2. The monoisotopic (exact) mass is 249 g/mol. The van der Waals surface area contributed by atoms with Gasteiger partial charge in [0.05, 0.1) is 7.11 Å². The Bertz CT molecular complexity index is 518. The average molecular weight is 249 g/mol. The summed E-state index contributed by atoms with van der Waals surface area (Å²) in [5.41, 5.74) is 6.51. The molecule has 2 aromatic rings. The van der Waals surface area contributed by atoms with Crippen LogP contribution in [-0.2, 0) is 6.54 Å². The van der Waals surface area contributed by atoms with Gasteiger partial charge in [-0.1, -0.05) is 12.1 Å². The first kappa shape index (κ1) is 12.5. The van der Waals surface area contributed by atoms with Crippen molar-refractivity contribution >= 4 is 0 Å². The SMILES string of the molecule is COc1ccc(-c2ccc(CN)cc2F)c(F)c1. The molecule has 0 fully saturated rings. The van der Waals surface area contributed by atoms with Crippen LogP contribution in [0.5, 0.6) is 5.75 Å². The largest absolute Gasteiger partial charge is 0.497 e. The molecule has 0 saturated carbocycles. The topological polar surface area (TPSA) is 35.2 Å². The molecule has 94 valence electrons. The van der Waals surface area contributed by atoms with Gasteiger partial charge in [-0.25, -0.2) is 8.78 Å². The second-order valence-corrected chi connectivity index (χ2v) is 3.86. The van der Waals surface area contributed by atoms with Gasteiger partial charge in [0.15, 0.2) is 0 Å². The molecular weight excluding hydrogens is 236 g/mol. The molecule has 2 aromatic carbocycles. The molecule has 0 aliphatic heterocycles. The molecule has 4 heteroatoms. The second kappa shape index (κ2) is 5.14. The molecule has 0 radical (unpaired) electrons. The molecule has 0 unspecified atom stereocenters. The van der Waals surface area contributed by atoms with Crippen LogP contribution in [0.3, 0.4) is 0 Å². The van der Waals surface area contributed by atoms with E-state index in [-0.39, 0.29) is 17.7 Å². The van der Waals surface area contributed by atoms with Gasteiger partial charge in [0, 0.05) is 23.7 Å². The fourth-order valence-corrected chi connectivity index (χ4v) is 1.75. The lowest BCUT2D eigenvalue weighted by Gasteiger charge is -2.08. The fraction of sp³-hybridized carbons (Fsp3) is 0.143. The summed E-state index contributed by atoms with van der Waals surface area (Å²) in [5.74, 6) is -0.606. The standard InChI is InChI=1S/C14H13F2NO/c1-18-10-3-5-12(14(16)7-10)11-4-2-9(8-17)6-13(11)15/h2-7H,8,17H2,1H3. The summed E-state index contributed by atoms with van der Waals surface area (Å²) in [6, 6.07) is 8.85. The lowest BCUT2D eigenvalue weighted by Crippen LogP contribution is -1.98. The van der Waals surface area contributed by atoms with Gasteiger partial charge in [-0.3, -0.25) is 0 Å². The van der Waals surface area contributed by atoms with Crippen LogP contribution < -0.4 is 10.5 Å². The molecule has 0 heterocycles. The van der Waals surface area contributed by atoms with Crippen LogP contribution in [0.1, 0.15) is 5.56 Å². The number of nitrogens with two attached hydrogens (primary N) is 1. The van der Waals surface area contributed by atoms with Crippen LogP contribution in [0.25, 0.3) is 11.1 Å². The molecule has 2 nitrogen and oxygen atoms in total. The smallest absolute Gasteiger partial charge is 0.134 e. The molecule has 0 spiro atoms. The number of methoxy groups -OCH3 is 1. The van der Waals surface area contributed by atoms with Gasteiger partial charge < -0.3 is 10.5 Å². The summed E-state index contributed by atoms with van der Waals surface area (Å²) >= 11 is 0. The Balaban J connectivity index is 2.48. The summed E-state index contributed by atoms with van der Waals surface area (Å²) < 4.78 is 32.5. The average Bonchev–Trinajstić information content (AvgIpc) is 2.39. The predicted octanol–water partition coefficient (Wildman–Crippen LogP) is 3.10. The molecule has 2 rings (SSSR count). The van der Waals surface area contributed by atoms with E-state index in [2.05, 4.69) is 0 Å². The predicted molar refractivity (Wildman–Crippen MR) is 66.2 cm³/mol. The third-order valence-corrected chi connectivity index (χ3v) is 2.74. The first-order valence-corrected chi connectivity index (χ1v) is 5.48. The van der Waals surface area contributed by atoms with Crippen molar-refractivity contribution in [3.05, 3.63) is 53.6 Å². The van der Waals surface area contributed by atoms with E-state index in [0.717, 1.165) is 0 Å². The van der Waals surface area contributed by atoms with Crippen LogP contribution in [-0.4, -0.2) is 7.11 Å². The molecular formula is C14H13F2NO. The zero-order valence-corrected chi connectivity index (χ0v) is 9.91. The number of halogens is 2. The number of rotatable bonds is 3. The number of hydrogen-bond acceptors (Lipinski definition) is 2. The lowest BCUT2D eigenvalue weighted by molar-refractivity contribution is 0.411. The summed E-state index contributed by atoms with van der Waals surface area (Å²) in [5, 5.41) is 0. The Labute approximate surface area is 104 Å². The minimum atomic E-state index is -0.520. The highest BCUT2D eigenvalue weighted by molar-refractivity contribution is 5.66. The number of hydrogen-bond donors (Lipinski definition) is 1. The van der Waals surface area contributed by atoms with Crippen molar-refractivity contribution in [3.63, 3.8) is 0 Å². The maximum Gasteiger partial charge on any atom is 0.134 e. The highest BCUT2D eigenvalue weighted by Gasteiger charge is 2.11. The summed E-state index contributed by atoms with van der Waals surface area (Å²) in [6.45, 7) is 0.252. The van der Waals surface area contributed by atoms with E-state index >= 15 is 0 Å². The third kappa shape index (κ3) is 2.33. The van der Waals surface area contributed by atoms with Crippen molar-refractivity contribution in [2.45, 2.75) is 6.54 Å². The van der Waals surface area contributed by atoms with Gasteiger partial charge in [0.1, 0.15) is 17.4 Å². The number of ether oxygens (including phenoxy) is 1. The molecule has 0 aliphatic rings. The van der Waals surface area contributed by atoms with E-state index in [1.165, 1.54) is 31.4 Å². The Morgan fingerprint density at radius 2 is 1.61 bits per heavy atom. The molecule has 18 heavy (non-hydrogen) atoms. The van der Waals surface area contributed by atoms with Crippen LogP contribution in [0.15, 0.2) is 36.4 Å². The van der Waals surface area contributed by atoms with Crippen molar-refractivity contribution in [1.29, 1.82) is 0 Å². The van der Waals surface area contributed by atoms with Crippen molar-refractivity contribution < 1.29 is 13.5 Å². The summed E-state index contributed by atoms with van der Waals surface area (Å²) in [6.07, 6.45) is 0. The van der Waals surface area contributed by atoms with Crippen molar-refractivity contribution in [3.8, 4) is 16.9 Å². The first-order valence-electron chi connectivity index (χ1n) is 5.48. The van der Waals surface area contributed by atoms with Crippen molar-refractivity contribution in [2.24, 2.45) is 5.73 Å². The minimum absolute atomic E-state index is 0.205. The highest BCUT2D eigenvalue weighted by Crippen LogP contribution is 2.28. The highest BCUT2D eigenvalue weighted by atomic mass is 19.1. The van der Waals surface area contributed by atoms with Gasteiger partial charge in [0.25, 0.3) is 0 Å². The third-order valence-electron chi connectivity index (χ3n) is 2.74. The maximum absolute atomic E-state index is 13.8. The van der Waals surface area contributed by atoms with Gasteiger partial charge in [-0.2, -0.15) is 0 Å². The quantitative estimate of drug-likeness (QED) is 0.907. The van der Waals surface area contributed by atoms with Gasteiger partial charge in [-0.05, 0) is 23.8 Å². The van der Waals surface area contributed by atoms with Crippen LogP contribution >= 0.6 is 0 Å². The van der Waals surface area contributed by atoms with E-state index in [9.17, 15) is 8.78 Å². The van der Waals surface area contributed by atoms with Gasteiger partial charge in [-0.15, -0.1) is 0 Å². The second-order valence-electron chi connectivity index (χ2n) is 3.86. The van der Waals surface area contributed by atoms with Crippen LogP contribution in [0.2, 0.25) is 0 Å². The molecule has 2 N–H and O–H groups in total. The van der Waals surface area contributed by atoms with E-state index in [1.54, 1.807) is 12.1 Å². The minimum Gasteiger partial charge on any atom is -0.497 e. The Kier molecular flexibility index (Phi) is 3.58. The lowest BCUT2D eigenvalue weighted by atomic mass is 10.0. The zero-order chi connectivity index (χ0) is 13.1.